The number of ether oxygens (including phenoxy) is 1. The normalized spacial score (nSPS) is 14.2. The van der Waals surface area contributed by atoms with Crippen molar-refractivity contribution in [1.29, 1.82) is 0 Å². The molecule has 1 amide bonds. The van der Waals surface area contributed by atoms with Gasteiger partial charge in [-0.2, -0.15) is 0 Å². The van der Waals surface area contributed by atoms with Crippen LogP contribution in [0.4, 0.5) is 11.4 Å². The molecule has 3 aromatic rings. The number of fused-ring (bicyclic) bond motifs is 3. The lowest BCUT2D eigenvalue weighted by Crippen LogP contribution is -2.47. The fourth-order valence-corrected chi connectivity index (χ4v) is 7.09. The molecule has 0 fully saturated rings. The molecule has 164 valence electrons. The maximum absolute atomic E-state index is 13.4. The minimum atomic E-state index is -0.593. The van der Waals surface area contributed by atoms with Crippen molar-refractivity contribution in [3.8, 4) is 16.9 Å². The average molecular weight is 485 g/mol. The first kappa shape index (κ1) is 22.3. The monoisotopic (exact) mass is 484 g/mol. The molecular formula is C23H20N2O4S3. The maximum atomic E-state index is 13.4. The second-order valence-corrected chi connectivity index (χ2v) is 10.5. The van der Waals surface area contributed by atoms with Crippen LogP contribution in [0.5, 0.6) is 5.75 Å². The summed E-state index contributed by atoms with van der Waals surface area (Å²) in [6.45, 7) is 6.50. The summed E-state index contributed by atoms with van der Waals surface area (Å²) in [6.07, 6.45) is 3.17. The summed E-state index contributed by atoms with van der Waals surface area (Å²) in [5.74, 6) is 0.546. The van der Waals surface area contributed by atoms with Crippen LogP contribution in [0.3, 0.4) is 0 Å². The van der Waals surface area contributed by atoms with Crippen molar-refractivity contribution < 1.29 is 14.5 Å². The number of carbonyl (C=O) groups excluding carboxylic acids is 1. The van der Waals surface area contributed by atoms with E-state index in [9.17, 15) is 14.9 Å². The Bertz CT molecular complexity index is 1290. The standard InChI is InChI=1S/C23H20N2O4S3/c1-4-29-16-10-11-18-17(13-16)20-21(31-32-22(20)30)23(2,3)24(18)19(26)12-7-14-5-8-15(9-6-14)25(27)28/h5-13H,4H2,1-3H3. The van der Waals surface area contributed by atoms with Gasteiger partial charge in [0.1, 0.15) is 9.57 Å². The van der Waals surface area contributed by atoms with E-state index in [4.69, 9.17) is 17.0 Å². The van der Waals surface area contributed by atoms with E-state index in [1.807, 2.05) is 39.0 Å². The Hall–Kier alpha value is -2.88. The molecule has 0 aliphatic carbocycles. The number of carbonyl (C=O) groups is 1. The van der Waals surface area contributed by atoms with Crippen molar-refractivity contribution in [3.63, 3.8) is 0 Å². The number of amides is 1. The molecule has 32 heavy (non-hydrogen) atoms. The van der Waals surface area contributed by atoms with Crippen LogP contribution < -0.4 is 9.64 Å². The van der Waals surface area contributed by atoms with Gasteiger partial charge >= 0.3 is 0 Å². The van der Waals surface area contributed by atoms with Crippen LogP contribution in [0.2, 0.25) is 0 Å². The highest BCUT2D eigenvalue weighted by molar-refractivity contribution is 7.80. The van der Waals surface area contributed by atoms with Crippen LogP contribution >= 0.6 is 32.9 Å². The van der Waals surface area contributed by atoms with Crippen molar-refractivity contribution in [3.05, 3.63) is 72.9 Å². The van der Waals surface area contributed by atoms with Gasteiger partial charge in [0.15, 0.2) is 0 Å². The average Bonchev–Trinajstić information content (AvgIpc) is 3.16. The van der Waals surface area contributed by atoms with Crippen molar-refractivity contribution in [1.82, 2.24) is 0 Å². The topological polar surface area (TPSA) is 72.7 Å². The first-order chi connectivity index (χ1) is 15.2. The fraction of sp³-hybridized carbons (Fsp3) is 0.217. The molecule has 1 aromatic heterocycles. The molecule has 0 atom stereocenters. The van der Waals surface area contributed by atoms with Crippen LogP contribution in [0, 0.1) is 13.9 Å². The Morgan fingerprint density at radius 1 is 1.22 bits per heavy atom. The van der Waals surface area contributed by atoms with Crippen molar-refractivity contribution in [2.24, 2.45) is 0 Å². The first-order valence-corrected chi connectivity index (χ1v) is 12.5. The molecular weight excluding hydrogens is 464 g/mol. The van der Waals surface area contributed by atoms with Gasteiger partial charge in [-0.05, 0) is 62.7 Å². The van der Waals surface area contributed by atoms with E-state index in [-0.39, 0.29) is 11.6 Å². The zero-order valence-corrected chi connectivity index (χ0v) is 20.1. The molecule has 4 rings (SSSR count). The van der Waals surface area contributed by atoms with Crippen LogP contribution in [0.15, 0.2) is 48.5 Å². The summed E-state index contributed by atoms with van der Waals surface area (Å²) >= 11 is 5.63. The molecule has 0 N–H and O–H groups in total. The van der Waals surface area contributed by atoms with Gasteiger partial charge in [0, 0.05) is 29.3 Å². The summed E-state index contributed by atoms with van der Waals surface area (Å²) in [5.41, 5.74) is 2.80. The van der Waals surface area contributed by atoms with Crippen molar-refractivity contribution in [2.45, 2.75) is 26.3 Å². The zero-order valence-electron chi connectivity index (χ0n) is 17.7. The van der Waals surface area contributed by atoms with Crippen LogP contribution in [-0.2, 0) is 10.3 Å². The quantitative estimate of drug-likeness (QED) is 0.131. The molecule has 0 saturated heterocycles. The molecule has 9 heteroatoms. The Labute approximate surface area is 197 Å². The molecule has 0 spiro atoms. The minimum Gasteiger partial charge on any atom is -0.494 e. The number of anilines is 1. The molecule has 2 aromatic carbocycles. The Balaban J connectivity index is 1.76. The van der Waals surface area contributed by atoms with Gasteiger partial charge < -0.3 is 4.74 Å². The Morgan fingerprint density at radius 3 is 2.59 bits per heavy atom. The van der Waals surface area contributed by atoms with Gasteiger partial charge in [-0.3, -0.25) is 19.8 Å². The number of hydrogen-bond donors (Lipinski definition) is 0. The van der Waals surface area contributed by atoms with Gasteiger partial charge in [0.25, 0.3) is 11.6 Å². The number of nitro groups is 1. The summed E-state index contributed by atoms with van der Waals surface area (Å²) < 4.78 is 6.50. The smallest absolute Gasteiger partial charge is 0.269 e. The Morgan fingerprint density at radius 2 is 1.94 bits per heavy atom. The maximum Gasteiger partial charge on any atom is 0.269 e. The molecule has 0 saturated carbocycles. The molecule has 1 aliphatic rings. The van der Waals surface area contributed by atoms with Gasteiger partial charge in [-0.15, -0.1) is 0 Å². The molecule has 2 heterocycles. The second kappa shape index (κ2) is 8.57. The molecule has 0 unspecified atom stereocenters. The van der Waals surface area contributed by atoms with E-state index in [2.05, 4.69) is 0 Å². The number of benzene rings is 2. The van der Waals surface area contributed by atoms with Crippen molar-refractivity contribution >= 4 is 56.3 Å². The van der Waals surface area contributed by atoms with E-state index in [0.29, 0.717) is 12.2 Å². The lowest BCUT2D eigenvalue weighted by molar-refractivity contribution is -0.384. The highest BCUT2D eigenvalue weighted by Crippen LogP contribution is 2.52. The lowest BCUT2D eigenvalue weighted by atomic mass is 9.87. The number of rotatable bonds is 5. The van der Waals surface area contributed by atoms with Gasteiger partial charge in [-0.25, -0.2) is 0 Å². The molecule has 6 nitrogen and oxygen atoms in total. The third-order valence-electron chi connectivity index (χ3n) is 5.28. The predicted molar refractivity (Wildman–Crippen MR) is 132 cm³/mol. The highest BCUT2D eigenvalue weighted by Gasteiger charge is 2.42. The predicted octanol–water partition coefficient (Wildman–Crippen LogP) is 6.81. The minimum absolute atomic E-state index is 0.0101. The van der Waals surface area contributed by atoms with Gasteiger partial charge in [0.2, 0.25) is 0 Å². The van der Waals surface area contributed by atoms with E-state index in [1.54, 1.807) is 33.4 Å². The molecule has 1 aliphatic heterocycles. The molecule has 0 bridgehead atoms. The molecule has 0 radical (unpaired) electrons. The van der Waals surface area contributed by atoms with E-state index >= 15 is 0 Å². The highest BCUT2D eigenvalue weighted by atomic mass is 32.9. The number of nitrogens with zero attached hydrogens (tertiary/aromatic N) is 2. The largest absolute Gasteiger partial charge is 0.494 e. The van der Waals surface area contributed by atoms with E-state index < -0.39 is 10.5 Å². The second-order valence-electron chi connectivity index (χ2n) is 7.68. The first-order valence-electron chi connectivity index (χ1n) is 9.91. The van der Waals surface area contributed by atoms with Crippen molar-refractivity contribution in [2.75, 3.05) is 11.5 Å². The third-order valence-corrected chi connectivity index (χ3v) is 8.61. The van der Waals surface area contributed by atoms with E-state index in [1.165, 1.54) is 28.5 Å². The van der Waals surface area contributed by atoms with Crippen LogP contribution in [0.1, 0.15) is 31.2 Å². The Kier molecular flexibility index (Phi) is 5.98. The number of non-ortho nitro benzene ring substituents is 1. The summed E-state index contributed by atoms with van der Waals surface area (Å²) in [4.78, 5) is 26.7. The fourth-order valence-electron chi connectivity index (χ4n) is 3.81. The SMILES string of the molecule is CCOc1ccc2c(c1)-c1c(ssc1=S)C(C)(C)N2C(=O)C=Cc1ccc([N+](=O)[O-])cc1. The van der Waals surface area contributed by atoms with E-state index in [0.717, 1.165) is 31.3 Å². The van der Waals surface area contributed by atoms with Crippen LogP contribution in [0.25, 0.3) is 17.2 Å². The lowest BCUT2D eigenvalue weighted by Gasteiger charge is -2.42. The van der Waals surface area contributed by atoms with Gasteiger partial charge in [-0.1, -0.05) is 32.9 Å². The zero-order chi connectivity index (χ0) is 23.0. The summed E-state index contributed by atoms with van der Waals surface area (Å²) in [6, 6.07) is 11.8. The summed E-state index contributed by atoms with van der Waals surface area (Å²) in [5, 5.41) is 10.9. The number of nitro benzene ring substituents is 1. The summed E-state index contributed by atoms with van der Waals surface area (Å²) in [7, 11) is 3.13. The number of hydrogen-bond acceptors (Lipinski definition) is 7. The third kappa shape index (κ3) is 3.87. The van der Waals surface area contributed by atoms with Gasteiger partial charge in [0.05, 0.1) is 27.6 Å². The van der Waals surface area contributed by atoms with Crippen LogP contribution in [-0.4, -0.2) is 17.4 Å².